The lowest BCUT2D eigenvalue weighted by atomic mass is 10.2. The summed E-state index contributed by atoms with van der Waals surface area (Å²) in [6.45, 7) is 3.65. The van der Waals surface area contributed by atoms with Crippen molar-refractivity contribution in [3.05, 3.63) is 54.4 Å². The van der Waals surface area contributed by atoms with Gasteiger partial charge in [-0.05, 0) is 38.1 Å². The highest BCUT2D eigenvalue weighted by molar-refractivity contribution is 8.00. The molecule has 1 aromatic carbocycles. The van der Waals surface area contributed by atoms with Crippen LogP contribution in [-0.2, 0) is 9.59 Å². The number of hydrogen-bond donors (Lipinski definition) is 1. The highest BCUT2D eigenvalue weighted by atomic mass is 32.2. The molecular formula is C20H21N5O3S. The highest BCUT2D eigenvalue weighted by Crippen LogP contribution is 2.26. The third kappa shape index (κ3) is 5.64. The van der Waals surface area contributed by atoms with Crippen LogP contribution in [0.5, 0.6) is 0 Å². The van der Waals surface area contributed by atoms with Crippen molar-refractivity contribution in [1.29, 1.82) is 0 Å². The van der Waals surface area contributed by atoms with Crippen molar-refractivity contribution in [2.24, 2.45) is 0 Å². The summed E-state index contributed by atoms with van der Waals surface area (Å²) in [5, 5.41) is 10.5. The molecule has 9 heteroatoms. The van der Waals surface area contributed by atoms with Gasteiger partial charge in [-0.1, -0.05) is 29.5 Å². The first-order valence-corrected chi connectivity index (χ1v) is 9.82. The van der Waals surface area contributed by atoms with Gasteiger partial charge in [-0.3, -0.25) is 14.6 Å². The summed E-state index contributed by atoms with van der Waals surface area (Å²) in [6, 6.07) is 11.0. The second-order valence-electron chi connectivity index (χ2n) is 6.48. The number of pyridine rings is 1. The molecule has 29 heavy (non-hydrogen) atoms. The smallest absolute Gasteiger partial charge is 0.277 e. The minimum absolute atomic E-state index is 0.0532. The SMILES string of the molecule is Cc1ccc(NC(=O)CN(C)C(=O)[C@H](C)Sc2nnc(-c3cccnc3)o2)cc1. The Balaban J connectivity index is 1.53. The van der Waals surface area contributed by atoms with Gasteiger partial charge in [0.2, 0.25) is 17.7 Å². The van der Waals surface area contributed by atoms with Crippen molar-refractivity contribution >= 4 is 29.3 Å². The fraction of sp³-hybridized carbons (Fsp3) is 0.250. The topological polar surface area (TPSA) is 101 Å². The molecular weight excluding hydrogens is 390 g/mol. The number of carbonyl (C=O) groups excluding carboxylic acids is 2. The first-order chi connectivity index (χ1) is 13.9. The number of carbonyl (C=O) groups is 2. The zero-order chi connectivity index (χ0) is 20.8. The summed E-state index contributed by atoms with van der Waals surface area (Å²) in [4.78, 5) is 30.2. The number of amides is 2. The van der Waals surface area contributed by atoms with Gasteiger partial charge in [-0.25, -0.2) is 0 Å². The number of rotatable bonds is 7. The Hall–Kier alpha value is -3.20. The zero-order valence-electron chi connectivity index (χ0n) is 16.3. The minimum Gasteiger partial charge on any atom is -0.411 e. The molecule has 0 saturated heterocycles. The van der Waals surface area contributed by atoms with Gasteiger partial charge in [0.1, 0.15) is 0 Å². The first-order valence-electron chi connectivity index (χ1n) is 8.94. The fourth-order valence-electron chi connectivity index (χ4n) is 2.51. The maximum atomic E-state index is 12.6. The van der Waals surface area contributed by atoms with E-state index in [0.29, 0.717) is 17.1 Å². The summed E-state index contributed by atoms with van der Waals surface area (Å²) in [7, 11) is 1.59. The van der Waals surface area contributed by atoms with E-state index in [1.807, 2.05) is 37.3 Å². The average molecular weight is 411 g/mol. The lowest BCUT2D eigenvalue weighted by molar-refractivity contribution is -0.132. The van der Waals surface area contributed by atoms with Crippen LogP contribution in [0.2, 0.25) is 0 Å². The van der Waals surface area contributed by atoms with E-state index >= 15 is 0 Å². The van der Waals surface area contributed by atoms with Gasteiger partial charge in [-0.15, -0.1) is 10.2 Å². The Kier molecular flexibility index (Phi) is 6.61. The monoisotopic (exact) mass is 411 g/mol. The lowest BCUT2D eigenvalue weighted by Crippen LogP contribution is -2.38. The van der Waals surface area contributed by atoms with Gasteiger partial charge in [0.25, 0.3) is 5.22 Å². The quantitative estimate of drug-likeness (QED) is 0.596. The van der Waals surface area contributed by atoms with Gasteiger partial charge in [0.05, 0.1) is 17.4 Å². The zero-order valence-corrected chi connectivity index (χ0v) is 17.1. The molecule has 150 valence electrons. The third-order valence-electron chi connectivity index (χ3n) is 4.03. The number of likely N-dealkylation sites (N-methyl/N-ethyl adjacent to an activating group) is 1. The number of anilines is 1. The van der Waals surface area contributed by atoms with Crippen LogP contribution in [0.4, 0.5) is 5.69 Å². The first kappa shape index (κ1) is 20.5. The van der Waals surface area contributed by atoms with E-state index in [9.17, 15) is 9.59 Å². The van der Waals surface area contributed by atoms with E-state index in [2.05, 4.69) is 20.5 Å². The molecule has 0 spiro atoms. The van der Waals surface area contributed by atoms with Crippen LogP contribution in [-0.4, -0.2) is 50.7 Å². The van der Waals surface area contributed by atoms with Crippen molar-refractivity contribution in [1.82, 2.24) is 20.1 Å². The van der Waals surface area contributed by atoms with Crippen molar-refractivity contribution in [3.63, 3.8) is 0 Å². The second-order valence-corrected chi connectivity index (χ2v) is 7.78. The molecule has 0 radical (unpaired) electrons. The summed E-state index contributed by atoms with van der Waals surface area (Å²) in [5.41, 5.74) is 2.50. The summed E-state index contributed by atoms with van der Waals surface area (Å²) >= 11 is 1.14. The number of aryl methyl sites for hydroxylation is 1. The molecule has 0 unspecified atom stereocenters. The lowest BCUT2D eigenvalue weighted by Gasteiger charge is -2.19. The van der Waals surface area contributed by atoms with Crippen LogP contribution in [0.3, 0.4) is 0 Å². The van der Waals surface area contributed by atoms with E-state index in [1.54, 1.807) is 32.4 Å². The maximum absolute atomic E-state index is 12.6. The number of thioether (sulfide) groups is 1. The minimum atomic E-state index is -0.491. The van der Waals surface area contributed by atoms with Crippen LogP contribution in [0.15, 0.2) is 58.4 Å². The van der Waals surface area contributed by atoms with Gasteiger partial charge in [0.15, 0.2) is 0 Å². The van der Waals surface area contributed by atoms with Gasteiger partial charge in [-0.2, -0.15) is 0 Å². The maximum Gasteiger partial charge on any atom is 0.277 e. The normalized spacial score (nSPS) is 11.7. The molecule has 1 N–H and O–H groups in total. The van der Waals surface area contributed by atoms with Gasteiger partial charge >= 0.3 is 0 Å². The van der Waals surface area contributed by atoms with Crippen LogP contribution < -0.4 is 5.32 Å². The van der Waals surface area contributed by atoms with E-state index < -0.39 is 5.25 Å². The largest absolute Gasteiger partial charge is 0.411 e. The van der Waals surface area contributed by atoms with Crippen LogP contribution in [0.1, 0.15) is 12.5 Å². The molecule has 0 fully saturated rings. The molecule has 3 rings (SSSR count). The predicted molar refractivity (Wildman–Crippen MR) is 110 cm³/mol. The highest BCUT2D eigenvalue weighted by Gasteiger charge is 2.23. The molecule has 2 amide bonds. The standard InChI is InChI=1S/C20H21N5O3S/c1-13-6-8-16(9-7-13)22-17(26)12-25(3)19(27)14(2)29-20-24-23-18(28-20)15-5-4-10-21-11-15/h4-11,14H,12H2,1-3H3,(H,22,26)/t14-/m0/s1. The van der Waals surface area contributed by atoms with E-state index in [1.165, 1.54) is 4.90 Å². The average Bonchev–Trinajstić information content (AvgIpc) is 3.18. The molecule has 0 saturated carbocycles. The van der Waals surface area contributed by atoms with Crippen LogP contribution >= 0.6 is 11.8 Å². The Bertz CT molecular complexity index is 975. The predicted octanol–water partition coefficient (Wildman–Crippen LogP) is 3.02. The number of aromatic nitrogens is 3. The molecule has 0 bridgehead atoms. The number of nitrogens with zero attached hydrogens (tertiary/aromatic N) is 4. The molecule has 8 nitrogen and oxygen atoms in total. The van der Waals surface area contributed by atoms with E-state index in [0.717, 1.165) is 17.3 Å². The van der Waals surface area contributed by atoms with Crippen molar-refractivity contribution in [3.8, 4) is 11.5 Å². The van der Waals surface area contributed by atoms with E-state index in [4.69, 9.17) is 4.42 Å². The van der Waals surface area contributed by atoms with Crippen molar-refractivity contribution in [2.75, 3.05) is 18.9 Å². The number of benzene rings is 1. The molecule has 3 aromatic rings. The summed E-state index contributed by atoms with van der Waals surface area (Å²) < 4.78 is 5.59. The molecule has 2 aromatic heterocycles. The van der Waals surface area contributed by atoms with Crippen molar-refractivity contribution in [2.45, 2.75) is 24.3 Å². The van der Waals surface area contributed by atoms with Gasteiger partial charge < -0.3 is 14.6 Å². The number of hydrogen-bond acceptors (Lipinski definition) is 7. The molecule has 0 aliphatic heterocycles. The van der Waals surface area contributed by atoms with Gasteiger partial charge in [0, 0.05) is 25.1 Å². The van der Waals surface area contributed by atoms with Crippen LogP contribution in [0.25, 0.3) is 11.5 Å². The third-order valence-corrected chi connectivity index (χ3v) is 4.95. The number of nitrogens with one attached hydrogen (secondary N) is 1. The van der Waals surface area contributed by atoms with Crippen molar-refractivity contribution < 1.29 is 14.0 Å². The Morgan fingerprint density at radius 1 is 1.21 bits per heavy atom. The fourth-order valence-corrected chi connectivity index (χ4v) is 3.30. The summed E-state index contributed by atoms with van der Waals surface area (Å²) in [5.74, 6) is -0.139. The van der Waals surface area contributed by atoms with E-state index in [-0.39, 0.29) is 23.6 Å². The Morgan fingerprint density at radius 3 is 2.66 bits per heavy atom. The molecule has 2 heterocycles. The van der Waals surface area contributed by atoms with Crippen LogP contribution in [0, 0.1) is 6.92 Å². The Labute approximate surface area is 172 Å². The second kappa shape index (κ2) is 9.33. The molecule has 0 aliphatic carbocycles. The molecule has 1 atom stereocenters. The Morgan fingerprint density at radius 2 is 1.97 bits per heavy atom. The summed E-state index contributed by atoms with van der Waals surface area (Å²) in [6.07, 6.45) is 3.28. The molecule has 0 aliphatic rings.